The van der Waals surface area contributed by atoms with E-state index in [4.69, 9.17) is 9.47 Å². The molecule has 0 aliphatic heterocycles. The first-order valence-corrected chi connectivity index (χ1v) is 5.83. The molecule has 17 heavy (non-hydrogen) atoms. The Labute approximate surface area is 100 Å². The number of esters is 2. The smallest absolute Gasteiger partial charge is 0.354 e. The van der Waals surface area contributed by atoms with Crippen molar-refractivity contribution < 1.29 is 24.2 Å². The number of rotatable bonds is 5. The van der Waals surface area contributed by atoms with Crippen LogP contribution in [0.4, 0.5) is 0 Å². The van der Waals surface area contributed by atoms with Crippen LogP contribution in [-0.4, -0.2) is 35.9 Å². The lowest BCUT2D eigenvalue weighted by Crippen LogP contribution is -2.50. The summed E-state index contributed by atoms with van der Waals surface area (Å²) < 4.78 is 9.51. The second-order valence-electron chi connectivity index (χ2n) is 3.77. The van der Waals surface area contributed by atoms with Gasteiger partial charge in [-0.15, -0.1) is 0 Å². The highest BCUT2D eigenvalue weighted by Gasteiger charge is 2.50. The Kier molecular flexibility index (Phi) is 4.69. The van der Waals surface area contributed by atoms with Crippen molar-refractivity contribution in [3.63, 3.8) is 0 Å². The van der Waals surface area contributed by atoms with Crippen molar-refractivity contribution in [2.45, 2.75) is 38.7 Å². The molecule has 0 amide bonds. The Morgan fingerprint density at radius 1 is 1.29 bits per heavy atom. The van der Waals surface area contributed by atoms with Crippen LogP contribution < -0.4 is 0 Å². The van der Waals surface area contributed by atoms with Crippen LogP contribution in [0.2, 0.25) is 0 Å². The first-order chi connectivity index (χ1) is 8.07. The van der Waals surface area contributed by atoms with Gasteiger partial charge in [0.1, 0.15) is 0 Å². The van der Waals surface area contributed by atoms with E-state index in [1.165, 1.54) is 0 Å². The SMILES string of the molecule is CCOC(=O)C(O)(C(=O)OCC)C1=CCCC1. The minimum Gasteiger partial charge on any atom is -0.463 e. The second-order valence-corrected chi connectivity index (χ2v) is 3.77. The van der Waals surface area contributed by atoms with Crippen LogP contribution in [0.15, 0.2) is 11.6 Å². The number of aliphatic hydroxyl groups is 1. The maximum atomic E-state index is 11.8. The van der Waals surface area contributed by atoms with E-state index in [-0.39, 0.29) is 13.2 Å². The highest BCUT2D eigenvalue weighted by molar-refractivity contribution is 6.07. The van der Waals surface area contributed by atoms with Gasteiger partial charge in [-0.3, -0.25) is 0 Å². The molecule has 96 valence electrons. The van der Waals surface area contributed by atoms with Gasteiger partial charge in [-0.05, 0) is 38.7 Å². The van der Waals surface area contributed by atoms with Gasteiger partial charge in [-0.2, -0.15) is 0 Å². The molecule has 0 aromatic heterocycles. The lowest BCUT2D eigenvalue weighted by atomic mass is 9.93. The Balaban J connectivity index is 2.98. The van der Waals surface area contributed by atoms with Crippen molar-refractivity contribution >= 4 is 11.9 Å². The van der Waals surface area contributed by atoms with E-state index < -0.39 is 17.5 Å². The van der Waals surface area contributed by atoms with Gasteiger partial charge in [0.05, 0.1) is 13.2 Å². The number of allylic oxidation sites excluding steroid dienone is 1. The normalized spacial score (nSPS) is 15.4. The van der Waals surface area contributed by atoms with Gasteiger partial charge >= 0.3 is 11.9 Å². The molecule has 0 saturated heterocycles. The average Bonchev–Trinajstić information content (AvgIpc) is 2.82. The minimum absolute atomic E-state index is 0.105. The lowest BCUT2D eigenvalue weighted by Gasteiger charge is -2.24. The molecular weight excluding hydrogens is 224 g/mol. The van der Waals surface area contributed by atoms with E-state index in [0.717, 1.165) is 12.8 Å². The topological polar surface area (TPSA) is 72.8 Å². The molecule has 1 N–H and O–H groups in total. The lowest BCUT2D eigenvalue weighted by molar-refractivity contribution is -0.178. The van der Waals surface area contributed by atoms with Gasteiger partial charge in [-0.25, -0.2) is 9.59 Å². The quantitative estimate of drug-likeness (QED) is 0.441. The summed E-state index contributed by atoms with van der Waals surface area (Å²) in [5, 5.41) is 10.3. The fourth-order valence-electron chi connectivity index (χ4n) is 1.82. The fourth-order valence-corrected chi connectivity index (χ4v) is 1.82. The molecule has 0 bridgehead atoms. The van der Waals surface area contributed by atoms with E-state index in [1.807, 2.05) is 0 Å². The molecule has 0 spiro atoms. The Morgan fingerprint density at radius 3 is 2.18 bits per heavy atom. The maximum absolute atomic E-state index is 11.8. The molecule has 0 unspecified atom stereocenters. The molecule has 0 heterocycles. The molecule has 1 aliphatic rings. The third-order valence-corrected chi connectivity index (χ3v) is 2.65. The summed E-state index contributed by atoms with van der Waals surface area (Å²) >= 11 is 0. The van der Waals surface area contributed by atoms with Crippen molar-refractivity contribution in [1.29, 1.82) is 0 Å². The van der Waals surface area contributed by atoms with Gasteiger partial charge in [0.2, 0.25) is 0 Å². The number of hydrogen-bond acceptors (Lipinski definition) is 5. The van der Waals surface area contributed by atoms with Crippen LogP contribution in [0, 0.1) is 0 Å². The number of ether oxygens (including phenoxy) is 2. The minimum atomic E-state index is -2.26. The first kappa shape index (κ1) is 13.7. The number of carbonyl (C=O) groups is 2. The third kappa shape index (κ3) is 2.66. The summed E-state index contributed by atoms with van der Waals surface area (Å²) in [4.78, 5) is 23.5. The number of hydrogen-bond donors (Lipinski definition) is 1. The van der Waals surface area contributed by atoms with Crippen LogP contribution in [0.1, 0.15) is 33.1 Å². The number of carbonyl (C=O) groups excluding carboxylic acids is 2. The molecule has 5 heteroatoms. The molecule has 0 radical (unpaired) electrons. The zero-order valence-corrected chi connectivity index (χ0v) is 10.2. The predicted octanol–water partition coefficient (Wildman–Crippen LogP) is 0.954. The summed E-state index contributed by atoms with van der Waals surface area (Å²) in [6, 6.07) is 0. The molecule has 5 nitrogen and oxygen atoms in total. The summed E-state index contributed by atoms with van der Waals surface area (Å²) in [6.45, 7) is 3.45. The van der Waals surface area contributed by atoms with Crippen molar-refractivity contribution in [3.05, 3.63) is 11.6 Å². The first-order valence-electron chi connectivity index (χ1n) is 5.83. The van der Waals surface area contributed by atoms with E-state index in [2.05, 4.69) is 0 Å². The van der Waals surface area contributed by atoms with Crippen LogP contribution in [0.5, 0.6) is 0 Å². The van der Waals surface area contributed by atoms with Gasteiger partial charge in [0, 0.05) is 0 Å². The zero-order valence-electron chi connectivity index (χ0n) is 10.2. The molecule has 0 fully saturated rings. The Hall–Kier alpha value is -1.36. The molecule has 0 aromatic rings. The summed E-state index contributed by atoms with van der Waals surface area (Å²) in [5.74, 6) is -1.90. The van der Waals surface area contributed by atoms with Gasteiger partial charge in [0.15, 0.2) is 0 Å². The van der Waals surface area contributed by atoms with Crippen molar-refractivity contribution in [2.75, 3.05) is 13.2 Å². The summed E-state index contributed by atoms with van der Waals surface area (Å²) in [7, 11) is 0. The molecule has 0 aromatic carbocycles. The van der Waals surface area contributed by atoms with Crippen molar-refractivity contribution in [2.24, 2.45) is 0 Å². The van der Waals surface area contributed by atoms with Gasteiger partial charge < -0.3 is 14.6 Å². The molecule has 1 rings (SSSR count). The molecule has 0 saturated carbocycles. The largest absolute Gasteiger partial charge is 0.463 e. The van der Waals surface area contributed by atoms with Gasteiger partial charge in [-0.1, -0.05) is 6.08 Å². The third-order valence-electron chi connectivity index (χ3n) is 2.65. The Bertz CT molecular complexity index is 314. The highest BCUT2D eigenvalue weighted by Crippen LogP contribution is 2.30. The summed E-state index contributed by atoms with van der Waals surface area (Å²) in [5.41, 5.74) is -1.88. The Morgan fingerprint density at radius 2 is 1.82 bits per heavy atom. The van der Waals surface area contributed by atoms with Crippen LogP contribution in [0.3, 0.4) is 0 Å². The van der Waals surface area contributed by atoms with Crippen LogP contribution in [-0.2, 0) is 19.1 Å². The van der Waals surface area contributed by atoms with E-state index in [0.29, 0.717) is 12.0 Å². The van der Waals surface area contributed by atoms with E-state index in [1.54, 1.807) is 19.9 Å². The van der Waals surface area contributed by atoms with E-state index in [9.17, 15) is 14.7 Å². The summed E-state index contributed by atoms with van der Waals surface area (Å²) in [6.07, 6.45) is 3.77. The van der Waals surface area contributed by atoms with Gasteiger partial charge in [0.25, 0.3) is 5.60 Å². The van der Waals surface area contributed by atoms with E-state index >= 15 is 0 Å². The monoisotopic (exact) mass is 242 g/mol. The average molecular weight is 242 g/mol. The molecule has 1 aliphatic carbocycles. The van der Waals surface area contributed by atoms with Crippen LogP contribution in [0.25, 0.3) is 0 Å². The zero-order chi connectivity index (χ0) is 12.9. The predicted molar refractivity (Wildman–Crippen MR) is 60.1 cm³/mol. The van der Waals surface area contributed by atoms with Crippen molar-refractivity contribution in [3.8, 4) is 0 Å². The standard InChI is InChI=1S/C12H18O5/c1-3-16-10(13)12(15,11(14)17-4-2)9-7-5-6-8-9/h7,15H,3-6,8H2,1-2H3. The second kappa shape index (κ2) is 5.82. The van der Waals surface area contributed by atoms with Crippen molar-refractivity contribution in [1.82, 2.24) is 0 Å². The highest BCUT2D eigenvalue weighted by atomic mass is 16.6. The molecule has 0 atom stereocenters. The van der Waals surface area contributed by atoms with Crippen LogP contribution >= 0.6 is 0 Å². The maximum Gasteiger partial charge on any atom is 0.354 e. The molecular formula is C12H18O5. The fraction of sp³-hybridized carbons (Fsp3) is 0.667.